The first-order chi connectivity index (χ1) is 10.2. The first-order valence-electron chi connectivity index (χ1n) is 7.57. The Morgan fingerprint density at radius 1 is 1.24 bits per heavy atom. The molecule has 0 saturated carbocycles. The van der Waals surface area contributed by atoms with Crippen LogP contribution in [0.5, 0.6) is 5.75 Å². The molecule has 1 aromatic carbocycles. The standard InChI is InChI=1S/C17H23N3O/c1-19-9-8-16(18-19)13-20-10-7-15(12-20)11-14-3-5-17(21-2)6-4-14/h3-6,8-9,15H,7,10-13H2,1-2H3. The van der Waals surface area contributed by atoms with Gasteiger partial charge in [-0.15, -0.1) is 0 Å². The highest BCUT2D eigenvalue weighted by molar-refractivity contribution is 5.27. The quantitative estimate of drug-likeness (QED) is 0.845. The molecule has 4 nitrogen and oxygen atoms in total. The molecule has 0 radical (unpaired) electrons. The van der Waals surface area contributed by atoms with Crippen molar-refractivity contribution in [2.75, 3.05) is 20.2 Å². The van der Waals surface area contributed by atoms with Crippen LogP contribution in [-0.2, 0) is 20.0 Å². The van der Waals surface area contributed by atoms with E-state index in [1.165, 1.54) is 30.8 Å². The Labute approximate surface area is 126 Å². The van der Waals surface area contributed by atoms with Gasteiger partial charge in [-0.1, -0.05) is 12.1 Å². The summed E-state index contributed by atoms with van der Waals surface area (Å²) in [6.45, 7) is 3.32. The maximum Gasteiger partial charge on any atom is 0.118 e. The minimum Gasteiger partial charge on any atom is -0.497 e. The molecule has 1 fully saturated rings. The number of aryl methyl sites for hydroxylation is 1. The molecular formula is C17H23N3O. The van der Waals surface area contributed by atoms with Crippen molar-refractivity contribution in [1.29, 1.82) is 0 Å². The van der Waals surface area contributed by atoms with E-state index in [0.717, 1.165) is 24.6 Å². The second-order valence-electron chi connectivity index (χ2n) is 5.92. The van der Waals surface area contributed by atoms with Crippen LogP contribution in [0.2, 0.25) is 0 Å². The monoisotopic (exact) mass is 285 g/mol. The van der Waals surface area contributed by atoms with Crippen LogP contribution in [0.25, 0.3) is 0 Å². The van der Waals surface area contributed by atoms with Crippen molar-refractivity contribution in [2.45, 2.75) is 19.4 Å². The van der Waals surface area contributed by atoms with E-state index >= 15 is 0 Å². The highest BCUT2D eigenvalue weighted by atomic mass is 16.5. The zero-order chi connectivity index (χ0) is 14.7. The Morgan fingerprint density at radius 3 is 2.71 bits per heavy atom. The molecule has 1 aromatic heterocycles. The minimum atomic E-state index is 0.752. The van der Waals surface area contributed by atoms with Gasteiger partial charge in [-0.05, 0) is 49.1 Å². The second-order valence-corrected chi connectivity index (χ2v) is 5.92. The summed E-state index contributed by atoms with van der Waals surface area (Å²) < 4.78 is 7.08. The fourth-order valence-corrected chi connectivity index (χ4v) is 3.09. The molecule has 0 bridgehead atoms. The first kappa shape index (κ1) is 14.1. The van der Waals surface area contributed by atoms with Gasteiger partial charge >= 0.3 is 0 Å². The van der Waals surface area contributed by atoms with Crippen LogP contribution in [0.1, 0.15) is 17.7 Å². The lowest BCUT2D eigenvalue weighted by molar-refractivity contribution is 0.311. The van der Waals surface area contributed by atoms with Gasteiger partial charge in [0.2, 0.25) is 0 Å². The molecule has 1 atom stereocenters. The molecule has 1 aliphatic heterocycles. The van der Waals surface area contributed by atoms with E-state index in [-0.39, 0.29) is 0 Å². The van der Waals surface area contributed by atoms with Crippen LogP contribution in [0, 0.1) is 5.92 Å². The molecule has 1 unspecified atom stereocenters. The largest absolute Gasteiger partial charge is 0.497 e. The number of likely N-dealkylation sites (tertiary alicyclic amines) is 1. The van der Waals surface area contributed by atoms with Crippen molar-refractivity contribution in [2.24, 2.45) is 13.0 Å². The van der Waals surface area contributed by atoms with Gasteiger partial charge in [0.15, 0.2) is 0 Å². The summed E-state index contributed by atoms with van der Waals surface area (Å²) in [6, 6.07) is 10.6. The summed E-state index contributed by atoms with van der Waals surface area (Å²) in [5.41, 5.74) is 2.57. The molecule has 0 aliphatic carbocycles. The summed E-state index contributed by atoms with van der Waals surface area (Å²) in [5.74, 6) is 1.68. The van der Waals surface area contributed by atoms with Crippen LogP contribution in [-0.4, -0.2) is 34.9 Å². The summed E-state index contributed by atoms with van der Waals surface area (Å²) >= 11 is 0. The Balaban J connectivity index is 1.52. The molecule has 2 heterocycles. The Bertz CT molecular complexity index is 576. The molecule has 0 amide bonds. The van der Waals surface area contributed by atoms with E-state index < -0.39 is 0 Å². The van der Waals surface area contributed by atoms with E-state index in [0.29, 0.717) is 0 Å². The van der Waals surface area contributed by atoms with Gasteiger partial charge in [-0.3, -0.25) is 9.58 Å². The lowest BCUT2D eigenvalue weighted by Gasteiger charge is -2.14. The summed E-state index contributed by atoms with van der Waals surface area (Å²) in [5, 5.41) is 4.46. The molecule has 112 valence electrons. The fourth-order valence-electron chi connectivity index (χ4n) is 3.09. The molecule has 21 heavy (non-hydrogen) atoms. The van der Waals surface area contributed by atoms with Crippen LogP contribution in [0.15, 0.2) is 36.5 Å². The van der Waals surface area contributed by atoms with Gasteiger partial charge in [-0.25, -0.2) is 0 Å². The van der Waals surface area contributed by atoms with E-state index in [9.17, 15) is 0 Å². The summed E-state index contributed by atoms with van der Waals surface area (Å²) in [6.07, 6.45) is 4.45. The molecule has 2 aromatic rings. The number of rotatable bonds is 5. The molecule has 3 rings (SSSR count). The zero-order valence-corrected chi connectivity index (χ0v) is 12.8. The van der Waals surface area contributed by atoms with Crippen LogP contribution in [0.3, 0.4) is 0 Å². The van der Waals surface area contributed by atoms with Crippen molar-refractivity contribution >= 4 is 0 Å². The van der Waals surface area contributed by atoms with Gasteiger partial charge in [0.1, 0.15) is 5.75 Å². The van der Waals surface area contributed by atoms with Gasteiger partial charge in [0.05, 0.1) is 12.8 Å². The maximum absolute atomic E-state index is 5.21. The lowest BCUT2D eigenvalue weighted by Crippen LogP contribution is -2.21. The normalized spacial score (nSPS) is 19.0. The average molecular weight is 285 g/mol. The first-order valence-corrected chi connectivity index (χ1v) is 7.57. The van der Waals surface area contributed by atoms with Crippen molar-refractivity contribution < 1.29 is 4.74 Å². The molecule has 0 spiro atoms. The summed E-state index contributed by atoms with van der Waals surface area (Å²) in [7, 11) is 3.68. The maximum atomic E-state index is 5.21. The van der Waals surface area contributed by atoms with E-state index in [2.05, 4.69) is 40.3 Å². The number of hydrogen-bond acceptors (Lipinski definition) is 3. The second kappa shape index (κ2) is 6.31. The average Bonchev–Trinajstić information content (AvgIpc) is 3.09. The molecule has 1 saturated heterocycles. The van der Waals surface area contributed by atoms with Gasteiger partial charge in [-0.2, -0.15) is 5.10 Å². The van der Waals surface area contributed by atoms with Gasteiger partial charge in [0, 0.05) is 26.3 Å². The summed E-state index contributed by atoms with van der Waals surface area (Å²) in [4.78, 5) is 2.51. The molecule has 1 aliphatic rings. The topological polar surface area (TPSA) is 30.3 Å². The zero-order valence-electron chi connectivity index (χ0n) is 12.8. The smallest absolute Gasteiger partial charge is 0.118 e. The van der Waals surface area contributed by atoms with Crippen molar-refractivity contribution in [3.05, 3.63) is 47.8 Å². The highest BCUT2D eigenvalue weighted by Crippen LogP contribution is 2.23. The molecule has 0 N–H and O–H groups in total. The minimum absolute atomic E-state index is 0.752. The van der Waals surface area contributed by atoms with Crippen LogP contribution >= 0.6 is 0 Å². The third-order valence-electron chi connectivity index (χ3n) is 4.21. The van der Waals surface area contributed by atoms with Crippen molar-refractivity contribution in [1.82, 2.24) is 14.7 Å². The number of nitrogens with zero attached hydrogens (tertiary/aromatic N) is 3. The number of hydrogen-bond donors (Lipinski definition) is 0. The van der Waals surface area contributed by atoms with E-state index in [1.54, 1.807) is 7.11 Å². The highest BCUT2D eigenvalue weighted by Gasteiger charge is 2.23. The fraction of sp³-hybridized carbons (Fsp3) is 0.471. The van der Waals surface area contributed by atoms with Crippen LogP contribution < -0.4 is 4.74 Å². The molecular weight excluding hydrogens is 262 g/mol. The number of ether oxygens (including phenoxy) is 1. The SMILES string of the molecule is COc1ccc(CC2CCN(Cc3ccn(C)n3)C2)cc1. The number of methoxy groups -OCH3 is 1. The third kappa shape index (κ3) is 3.64. The van der Waals surface area contributed by atoms with E-state index in [4.69, 9.17) is 4.74 Å². The van der Waals surface area contributed by atoms with Crippen molar-refractivity contribution in [3.63, 3.8) is 0 Å². The van der Waals surface area contributed by atoms with Crippen LogP contribution in [0.4, 0.5) is 0 Å². The number of benzene rings is 1. The van der Waals surface area contributed by atoms with Gasteiger partial charge < -0.3 is 4.74 Å². The van der Waals surface area contributed by atoms with Crippen molar-refractivity contribution in [3.8, 4) is 5.75 Å². The Kier molecular flexibility index (Phi) is 4.25. The number of aromatic nitrogens is 2. The third-order valence-corrected chi connectivity index (χ3v) is 4.21. The predicted octanol–water partition coefficient (Wildman–Crippen LogP) is 2.49. The lowest BCUT2D eigenvalue weighted by atomic mass is 9.99. The van der Waals surface area contributed by atoms with Gasteiger partial charge in [0.25, 0.3) is 0 Å². The Morgan fingerprint density at radius 2 is 2.05 bits per heavy atom. The Hall–Kier alpha value is -1.81. The predicted molar refractivity (Wildman–Crippen MR) is 83.3 cm³/mol. The van der Waals surface area contributed by atoms with E-state index in [1.807, 2.05) is 17.9 Å². The molecule has 4 heteroatoms.